The van der Waals surface area contributed by atoms with Gasteiger partial charge < -0.3 is 20.4 Å². The topological polar surface area (TPSA) is 149 Å². The molecule has 0 amide bonds. The number of Topliss-reactive ketones (excluding diaryl/α,β-unsaturated/α-hetero) is 4. The van der Waals surface area contributed by atoms with Gasteiger partial charge in [-0.3, -0.25) is 19.2 Å². The van der Waals surface area contributed by atoms with Crippen LogP contribution in [0.25, 0.3) is 5.76 Å². The fourth-order valence-corrected chi connectivity index (χ4v) is 8.74. The third kappa shape index (κ3) is 3.97. The molecule has 5 rings (SSSR count). The van der Waals surface area contributed by atoms with Crippen molar-refractivity contribution in [1.29, 1.82) is 0 Å². The van der Waals surface area contributed by atoms with Gasteiger partial charge in [-0.1, -0.05) is 59.8 Å². The van der Waals surface area contributed by atoms with Crippen LogP contribution < -0.4 is 0 Å². The van der Waals surface area contributed by atoms with E-state index in [-0.39, 0.29) is 41.4 Å². The van der Waals surface area contributed by atoms with Crippen molar-refractivity contribution >= 4 is 28.9 Å². The van der Waals surface area contributed by atoms with E-state index in [0.717, 1.165) is 39.0 Å². The van der Waals surface area contributed by atoms with Crippen molar-refractivity contribution in [3.8, 4) is 5.75 Å². The number of rotatable bonds is 5. The molecule has 4 aliphatic rings. The molecule has 4 aliphatic carbocycles. The zero-order valence-corrected chi connectivity index (χ0v) is 24.5. The molecular formula is C33H40O8. The van der Waals surface area contributed by atoms with Crippen LogP contribution in [0.15, 0.2) is 29.0 Å². The van der Waals surface area contributed by atoms with Gasteiger partial charge in [-0.2, -0.15) is 0 Å². The van der Waals surface area contributed by atoms with Crippen molar-refractivity contribution in [2.24, 2.45) is 28.6 Å². The Morgan fingerprint density at radius 3 is 2.24 bits per heavy atom. The quantitative estimate of drug-likeness (QED) is 0.276. The second kappa shape index (κ2) is 9.65. The Balaban J connectivity index is 1.71. The standard InChI is InChI=1S/C33H40O8/c1-16(2)25-27(37)23(17(3)34)29(39)33(41)30(40)26-28(38)24-20(14-31(26,4)15-32(25,33)5)19(11-12-21(24)35)22(36)13-18-9-7-6-8-10-18/h11-12,16,18,25,35,38-39,41H,6-10,13-15H2,1-5H3/t25?,31-,32-,33+/m1/s1. The first-order valence-electron chi connectivity index (χ1n) is 14.7. The van der Waals surface area contributed by atoms with Crippen LogP contribution in [0.3, 0.4) is 0 Å². The number of phenolic OH excluding ortho intramolecular Hbond substituents is 1. The molecule has 0 saturated heterocycles. The van der Waals surface area contributed by atoms with E-state index >= 15 is 0 Å². The molecule has 1 aromatic rings. The van der Waals surface area contributed by atoms with Crippen molar-refractivity contribution < 1.29 is 39.6 Å². The fraction of sp³-hybridized carbons (Fsp3) is 0.576. The molecule has 220 valence electrons. The van der Waals surface area contributed by atoms with Gasteiger partial charge in [0, 0.05) is 34.3 Å². The van der Waals surface area contributed by atoms with E-state index in [1.54, 1.807) is 33.8 Å². The smallest absolute Gasteiger partial charge is 0.203 e. The van der Waals surface area contributed by atoms with Crippen molar-refractivity contribution in [3.63, 3.8) is 0 Å². The van der Waals surface area contributed by atoms with E-state index in [0.29, 0.717) is 17.5 Å². The average Bonchev–Trinajstić information content (AvgIpc) is 2.86. The molecule has 0 radical (unpaired) electrons. The summed E-state index contributed by atoms with van der Waals surface area (Å²) in [5.74, 6) is -5.45. The van der Waals surface area contributed by atoms with Gasteiger partial charge in [0.2, 0.25) is 5.78 Å². The maximum atomic E-state index is 14.4. The molecule has 4 atom stereocenters. The summed E-state index contributed by atoms with van der Waals surface area (Å²) in [5.41, 5.74) is -5.34. The molecule has 1 aromatic carbocycles. The predicted molar refractivity (Wildman–Crippen MR) is 151 cm³/mol. The number of phenols is 1. The summed E-state index contributed by atoms with van der Waals surface area (Å²) in [6.07, 6.45) is 5.75. The third-order valence-corrected chi connectivity index (χ3v) is 10.4. The minimum atomic E-state index is -2.65. The number of hydrogen-bond acceptors (Lipinski definition) is 8. The van der Waals surface area contributed by atoms with E-state index in [4.69, 9.17) is 0 Å². The van der Waals surface area contributed by atoms with Crippen molar-refractivity contribution in [2.75, 3.05) is 0 Å². The van der Waals surface area contributed by atoms with Crippen LogP contribution in [0.4, 0.5) is 0 Å². The zero-order valence-electron chi connectivity index (χ0n) is 24.5. The van der Waals surface area contributed by atoms with Crippen molar-refractivity contribution in [3.05, 3.63) is 45.7 Å². The Hall–Kier alpha value is -3.26. The van der Waals surface area contributed by atoms with Gasteiger partial charge in [-0.25, -0.2) is 0 Å². The lowest BCUT2D eigenvalue weighted by Gasteiger charge is -2.59. The second-order valence-electron chi connectivity index (χ2n) is 13.6. The number of fused-ring (bicyclic) bond motifs is 3. The van der Waals surface area contributed by atoms with Crippen LogP contribution in [0.2, 0.25) is 0 Å². The molecule has 4 N–H and O–H groups in total. The van der Waals surface area contributed by atoms with Crippen LogP contribution in [0, 0.1) is 28.6 Å². The van der Waals surface area contributed by atoms with E-state index in [2.05, 4.69) is 0 Å². The lowest BCUT2D eigenvalue weighted by atomic mass is 9.43. The summed E-state index contributed by atoms with van der Waals surface area (Å²) < 4.78 is 0. The first-order chi connectivity index (χ1) is 19.1. The molecule has 2 saturated carbocycles. The van der Waals surface area contributed by atoms with Crippen molar-refractivity contribution in [1.82, 2.24) is 0 Å². The first-order valence-corrected chi connectivity index (χ1v) is 14.7. The van der Waals surface area contributed by atoms with Gasteiger partial charge in [0.05, 0.1) is 5.56 Å². The summed E-state index contributed by atoms with van der Waals surface area (Å²) >= 11 is 0. The van der Waals surface area contributed by atoms with Gasteiger partial charge in [0.25, 0.3) is 0 Å². The van der Waals surface area contributed by atoms with E-state index in [9.17, 15) is 39.6 Å². The van der Waals surface area contributed by atoms with Crippen LogP contribution in [0.5, 0.6) is 5.75 Å². The van der Waals surface area contributed by atoms with E-state index < -0.39 is 62.7 Å². The molecule has 8 heteroatoms. The highest BCUT2D eigenvalue weighted by atomic mass is 16.3. The SMILES string of the molecule is CC(=O)C1=C(O)[C@]2(O)C(=O)C3=C(O)c4c(O)ccc(C(=O)CC5CCCCC5)c4C[C@]3(C)C[C@]2(C)C(C(C)C)C1=O. The molecular weight excluding hydrogens is 524 g/mol. The normalized spacial score (nSPS) is 32.1. The van der Waals surface area contributed by atoms with Gasteiger partial charge >= 0.3 is 0 Å². The number of aromatic hydroxyl groups is 1. The van der Waals surface area contributed by atoms with Crippen LogP contribution in [-0.2, 0) is 20.8 Å². The van der Waals surface area contributed by atoms with Crippen LogP contribution >= 0.6 is 0 Å². The predicted octanol–water partition coefficient (Wildman–Crippen LogP) is 5.34. The van der Waals surface area contributed by atoms with Gasteiger partial charge in [0.1, 0.15) is 22.8 Å². The van der Waals surface area contributed by atoms with Crippen molar-refractivity contribution in [2.45, 2.75) is 91.6 Å². The van der Waals surface area contributed by atoms with Gasteiger partial charge in [0.15, 0.2) is 23.0 Å². The number of aliphatic hydroxyl groups is 3. The molecule has 0 bridgehead atoms. The molecule has 2 fully saturated rings. The molecule has 1 unspecified atom stereocenters. The summed E-state index contributed by atoms with van der Waals surface area (Å²) in [6, 6.07) is 2.90. The highest BCUT2D eigenvalue weighted by Gasteiger charge is 2.72. The van der Waals surface area contributed by atoms with Gasteiger partial charge in [-0.15, -0.1) is 0 Å². The number of benzene rings is 1. The molecule has 41 heavy (non-hydrogen) atoms. The maximum absolute atomic E-state index is 14.4. The monoisotopic (exact) mass is 564 g/mol. The minimum absolute atomic E-state index is 0.00316. The molecule has 8 nitrogen and oxygen atoms in total. The lowest BCUT2D eigenvalue weighted by Crippen LogP contribution is -2.69. The second-order valence-corrected chi connectivity index (χ2v) is 13.6. The van der Waals surface area contributed by atoms with Gasteiger partial charge in [-0.05, 0) is 49.3 Å². The van der Waals surface area contributed by atoms with Crippen LogP contribution in [0.1, 0.15) is 101 Å². The number of ketones is 4. The number of hydrogen-bond donors (Lipinski definition) is 4. The van der Waals surface area contributed by atoms with Crippen LogP contribution in [-0.4, -0.2) is 49.2 Å². The molecule has 0 aromatic heterocycles. The average molecular weight is 565 g/mol. The van der Waals surface area contributed by atoms with E-state index in [1.807, 2.05) is 0 Å². The first kappa shape index (κ1) is 29.2. The Morgan fingerprint density at radius 2 is 1.66 bits per heavy atom. The number of allylic oxidation sites excluding steroid dienone is 1. The highest BCUT2D eigenvalue weighted by molar-refractivity contribution is 6.24. The number of aliphatic hydroxyl groups excluding tert-OH is 2. The highest BCUT2D eigenvalue weighted by Crippen LogP contribution is 2.65. The van der Waals surface area contributed by atoms with E-state index in [1.165, 1.54) is 6.07 Å². The minimum Gasteiger partial charge on any atom is -0.508 e. The summed E-state index contributed by atoms with van der Waals surface area (Å²) in [5, 5.41) is 45.9. The fourth-order valence-electron chi connectivity index (χ4n) is 8.74. The Labute approximate surface area is 240 Å². The third-order valence-electron chi connectivity index (χ3n) is 10.4. The molecule has 0 aliphatic heterocycles. The lowest BCUT2D eigenvalue weighted by molar-refractivity contribution is -0.178. The summed E-state index contributed by atoms with van der Waals surface area (Å²) in [6.45, 7) is 7.95. The summed E-state index contributed by atoms with van der Waals surface area (Å²) in [4.78, 5) is 54.1. The molecule has 0 heterocycles. The maximum Gasteiger partial charge on any atom is 0.203 e. The molecule has 0 spiro atoms. The Bertz CT molecular complexity index is 1440. The zero-order chi connectivity index (χ0) is 30.2. The Kier molecular flexibility index (Phi) is 6.88. The Morgan fingerprint density at radius 1 is 1.02 bits per heavy atom. The largest absolute Gasteiger partial charge is 0.508 e. The number of carbonyl (C=O) groups is 4. The number of carbonyl (C=O) groups excluding carboxylic acids is 4. The summed E-state index contributed by atoms with van der Waals surface area (Å²) in [7, 11) is 0.